The summed E-state index contributed by atoms with van der Waals surface area (Å²) in [6.45, 7) is 9.93. The highest BCUT2D eigenvalue weighted by Gasteiger charge is 2.41. The number of aliphatic hydroxyl groups is 1. The number of likely N-dealkylation sites (tertiary alicyclic amines) is 2. The van der Waals surface area contributed by atoms with Crippen LogP contribution in [0.2, 0.25) is 0 Å². The fourth-order valence-electron chi connectivity index (χ4n) is 7.00. The molecule has 0 bridgehead atoms. The van der Waals surface area contributed by atoms with E-state index < -0.39 is 6.29 Å². The SMILES string of the molecule is CC(=O)NCCCCCC(=O)Nc1cccc([C@H]2O[C@@H](CN3CCC[C@H]3CN3CCCC3)[C@@H](C)[C@@H](c3ccc(CO)cc3)O2)c1. The van der Waals surface area contributed by atoms with Crippen molar-refractivity contribution < 1.29 is 24.2 Å². The van der Waals surface area contributed by atoms with Gasteiger partial charge in [0.15, 0.2) is 6.29 Å². The molecule has 45 heavy (non-hydrogen) atoms. The summed E-state index contributed by atoms with van der Waals surface area (Å²) < 4.78 is 13.5. The van der Waals surface area contributed by atoms with Gasteiger partial charge in [-0.15, -0.1) is 0 Å². The molecule has 0 aromatic heterocycles. The van der Waals surface area contributed by atoms with E-state index in [1.807, 2.05) is 36.4 Å². The molecule has 2 aromatic carbocycles. The van der Waals surface area contributed by atoms with Gasteiger partial charge in [-0.25, -0.2) is 0 Å². The summed E-state index contributed by atoms with van der Waals surface area (Å²) in [7, 11) is 0. The van der Waals surface area contributed by atoms with Crippen molar-refractivity contribution in [1.29, 1.82) is 0 Å². The van der Waals surface area contributed by atoms with Crippen LogP contribution in [0.3, 0.4) is 0 Å². The third kappa shape index (κ3) is 9.59. The molecule has 0 spiro atoms. The minimum absolute atomic E-state index is 0.0126. The van der Waals surface area contributed by atoms with Gasteiger partial charge in [0.05, 0.1) is 18.8 Å². The fourth-order valence-corrected chi connectivity index (χ4v) is 7.00. The van der Waals surface area contributed by atoms with Gasteiger partial charge in [0, 0.05) is 56.2 Å². The summed E-state index contributed by atoms with van der Waals surface area (Å²) in [6, 6.07) is 16.4. The number of amides is 2. The predicted molar refractivity (Wildman–Crippen MR) is 175 cm³/mol. The van der Waals surface area contributed by atoms with Crippen LogP contribution in [0.5, 0.6) is 0 Å². The molecule has 0 aliphatic carbocycles. The molecule has 3 fully saturated rings. The van der Waals surface area contributed by atoms with E-state index in [1.54, 1.807) is 0 Å². The highest BCUT2D eigenvalue weighted by atomic mass is 16.7. The molecular weight excluding hydrogens is 568 g/mol. The van der Waals surface area contributed by atoms with E-state index in [2.05, 4.69) is 39.5 Å². The highest BCUT2D eigenvalue weighted by molar-refractivity contribution is 5.90. The van der Waals surface area contributed by atoms with Gasteiger partial charge in [-0.05, 0) is 81.4 Å². The second-order valence-electron chi connectivity index (χ2n) is 13.1. The van der Waals surface area contributed by atoms with Crippen LogP contribution in [0.25, 0.3) is 0 Å². The molecule has 5 atom stereocenters. The van der Waals surface area contributed by atoms with Crippen LogP contribution < -0.4 is 10.6 Å². The average Bonchev–Trinajstić information content (AvgIpc) is 3.72. The van der Waals surface area contributed by atoms with Crippen LogP contribution in [0, 0.1) is 5.92 Å². The topological polar surface area (TPSA) is 103 Å². The van der Waals surface area contributed by atoms with E-state index in [4.69, 9.17) is 9.47 Å². The van der Waals surface area contributed by atoms with Crippen molar-refractivity contribution in [3.05, 3.63) is 65.2 Å². The number of hydrogen-bond acceptors (Lipinski definition) is 7. The lowest BCUT2D eigenvalue weighted by molar-refractivity contribution is -0.276. The number of hydrogen-bond donors (Lipinski definition) is 3. The largest absolute Gasteiger partial charge is 0.392 e. The highest BCUT2D eigenvalue weighted by Crippen LogP contribution is 2.42. The molecule has 3 heterocycles. The van der Waals surface area contributed by atoms with Crippen molar-refractivity contribution in [2.75, 3.05) is 44.6 Å². The van der Waals surface area contributed by atoms with E-state index in [1.165, 1.54) is 45.7 Å². The van der Waals surface area contributed by atoms with Crippen LogP contribution >= 0.6 is 0 Å². The zero-order valence-electron chi connectivity index (χ0n) is 27.1. The van der Waals surface area contributed by atoms with Crippen LogP contribution in [-0.4, -0.2) is 78.1 Å². The van der Waals surface area contributed by atoms with Gasteiger partial charge >= 0.3 is 0 Å². The minimum Gasteiger partial charge on any atom is -0.392 e. The van der Waals surface area contributed by atoms with E-state index in [0.717, 1.165) is 61.3 Å². The zero-order valence-corrected chi connectivity index (χ0v) is 27.1. The normalized spacial score (nSPS) is 25.8. The summed E-state index contributed by atoms with van der Waals surface area (Å²) >= 11 is 0. The third-order valence-electron chi connectivity index (χ3n) is 9.60. The summed E-state index contributed by atoms with van der Waals surface area (Å²) in [5.41, 5.74) is 3.57. The first kappa shape index (κ1) is 33.5. The smallest absolute Gasteiger partial charge is 0.224 e. The Labute approximate surface area is 268 Å². The Hall–Kier alpha value is -2.82. The molecule has 246 valence electrons. The third-order valence-corrected chi connectivity index (χ3v) is 9.60. The van der Waals surface area contributed by atoms with E-state index in [0.29, 0.717) is 19.0 Å². The summed E-state index contributed by atoms with van der Waals surface area (Å²) in [5.74, 6) is 0.0781. The van der Waals surface area contributed by atoms with Crippen LogP contribution in [0.4, 0.5) is 5.69 Å². The van der Waals surface area contributed by atoms with Crippen LogP contribution in [0.15, 0.2) is 48.5 Å². The van der Waals surface area contributed by atoms with Crippen molar-refractivity contribution in [2.45, 2.75) is 96.4 Å². The number of rotatable bonds is 14. The number of nitrogens with zero attached hydrogens (tertiary/aromatic N) is 2. The van der Waals surface area contributed by atoms with Crippen molar-refractivity contribution in [1.82, 2.24) is 15.1 Å². The van der Waals surface area contributed by atoms with Gasteiger partial charge in [-0.2, -0.15) is 0 Å². The Kier molecular flexibility index (Phi) is 12.4. The molecule has 9 nitrogen and oxygen atoms in total. The molecule has 0 unspecified atom stereocenters. The Morgan fingerprint density at radius 3 is 2.49 bits per heavy atom. The van der Waals surface area contributed by atoms with E-state index in [9.17, 15) is 14.7 Å². The molecule has 0 saturated carbocycles. The van der Waals surface area contributed by atoms with E-state index in [-0.39, 0.29) is 36.5 Å². The quantitative estimate of drug-likeness (QED) is 0.251. The number of nitrogens with one attached hydrogen (secondary N) is 2. The van der Waals surface area contributed by atoms with Crippen LogP contribution in [0.1, 0.15) is 94.3 Å². The number of unbranched alkanes of at least 4 members (excludes halogenated alkanes) is 2. The number of aliphatic hydroxyl groups excluding tert-OH is 1. The molecule has 2 amide bonds. The van der Waals surface area contributed by atoms with Crippen LogP contribution in [-0.2, 0) is 25.7 Å². The summed E-state index contributed by atoms with van der Waals surface area (Å²) in [5, 5.41) is 15.4. The van der Waals surface area contributed by atoms with Crippen molar-refractivity contribution in [3.8, 4) is 0 Å². The van der Waals surface area contributed by atoms with Gasteiger partial charge in [0.25, 0.3) is 0 Å². The Morgan fingerprint density at radius 2 is 1.73 bits per heavy atom. The molecule has 9 heteroatoms. The maximum Gasteiger partial charge on any atom is 0.224 e. The Bertz CT molecular complexity index is 1230. The van der Waals surface area contributed by atoms with Gasteiger partial charge in [0.1, 0.15) is 0 Å². The first-order chi connectivity index (χ1) is 21.9. The van der Waals surface area contributed by atoms with Crippen molar-refractivity contribution in [2.24, 2.45) is 5.92 Å². The van der Waals surface area contributed by atoms with Crippen molar-refractivity contribution >= 4 is 17.5 Å². The predicted octanol–water partition coefficient (Wildman–Crippen LogP) is 5.17. The monoisotopic (exact) mass is 620 g/mol. The lowest BCUT2D eigenvalue weighted by Gasteiger charge is -2.43. The average molecular weight is 621 g/mol. The number of carbonyl (C=O) groups is 2. The molecular formula is C36H52N4O5. The number of carbonyl (C=O) groups excluding carboxylic acids is 2. The van der Waals surface area contributed by atoms with E-state index >= 15 is 0 Å². The maximum absolute atomic E-state index is 12.7. The molecule has 3 aliphatic rings. The fraction of sp³-hybridized carbons (Fsp3) is 0.611. The molecule has 3 N–H and O–H groups in total. The van der Waals surface area contributed by atoms with Gasteiger partial charge in [-0.1, -0.05) is 49.7 Å². The number of ether oxygens (including phenoxy) is 2. The Balaban J connectivity index is 1.26. The summed E-state index contributed by atoms with van der Waals surface area (Å²) in [4.78, 5) is 29.0. The molecule has 0 radical (unpaired) electrons. The summed E-state index contributed by atoms with van der Waals surface area (Å²) in [6.07, 6.45) is 7.26. The van der Waals surface area contributed by atoms with Gasteiger partial charge < -0.3 is 30.1 Å². The Morgan fingerprint density at radius 1 is 0.933 bits per heavy atom. The van der Waals surface area contributed by atoms with Gasteiger partial charge in [0.2, 0.25) is 11.8 Å². The lowest BCUT2D eigenvalue weighted by atomic mass is 9.90. The number of benzene rings is 2. The zero-order chi connectivity index (χ0) is 31.6. The molecule has 3 saturated heterocycles. The number of anilines is 1. The molecule has 2 aromatic rings. The maximum atomic E-state index is 12.7. The van der Waals surface area contributed by atoms with Gasteiger partial charge in [-0.3, -0.25) is 14.5 Å². The second kappa shape index (κ2) is 16.7. The molecule has 3 aliphatic heterocycles. The minimum atomic E-state index is -0.570. The first-order valence-electron chi connectivity index (χ1n) is 17.0. The molecule has 5 rings (SSSR count). The van der Waals surface area contributed by atoms with Crippen molar-refractivity contribution in [3.63, 3.8) is 0 Å². The first-order valence-corrected chi connectivity index (χ1v) is 17.0. The standard InChI is InChI=1S/C36H52N4O5/c1-26-33(24-40-21-9-12-32(40)23-39-19-6-7-20-39)44-36(45-35(26)29-16-14-28(25-41)15-17-29)30-10-8-11-31(22-30)38-34(43)13-4-3-5-18-37-27(2)42/h8,10-11,14-17,22,26,32-33,35-36,41H,3-7,9,12-13,18-21,23-25H2,1-2H3,(H,37,42)(H,38,43)/t26-,32+,33+,35+,36+/m1/s1. The second-order valence-corrected chi connectivity index (χ2v) is 13.1. The lowest BCUT2D eigenvalue weighted by Crippen LogP contribution is -2.48.